The molecule has 15 nitrogen and oxygen atoms in total. The number of nitrogens with two attached hydrogens (primary N) is 1. The number of aromatic hydroxyl groups is 1. The van der Waals surface area contributed by atoms with Gasteiger partial charge in [0, 0.05) is 73.7 Å². The summed E-state index contributed by atoms with van der Waals surface area (Å²) in [7, 11) is 13.2. The van der Waals surface area contributed by atoms with Crippen LogP contribution in [-0.4, -0.2) is 147 Å². The first-order valence-corrected chi connectivity index (χ1v) is 25.9. The summed E-state index contributed by atoms with van der Waals surface area (Å²) in [6.45, 7) is 18.3. The molecule has 408 valence electrons. The molecule has 3 heterocycles. The zero-order valence-corrected chi connectivity index (χ0v) is 47.2. The second-order valence-electron chi connectivity index (χ2n) is 21.3. The average Bonchev–Trinajstić information content (AvgIpc) is 3.81. The van der Waals surface area contributed by atoms with Crippen LogP contribution in [0, 0.1) is 28.6 Å². The minimum absolute atomic E-state index is 0.0741. The van der Waals surface area contributed by atoms with Crippen molar-refractivity contribution in [1.29, 1.82) is 0 Å². The van der Waals surface area contributed by atoms with Gasteiger partial charge in [0.2, 0.25) is 0 Å². The van der Waals surface area contributed by atoms with Gasteiger partial charge in [-0.3, -0.25) is 35.6 Å². The van der Waals surface area contributed by atoms with Gasteiger partial charge in [-0.25, -0.2) is 0 Å². The minimum atomic E-state index is -0.347. The van der Waals surface area contributed by atoms with E-state index < -0.39 is 0 Å². The van der Waals surface area contributed by atoms with Crippen LogP contribution in [0.4, 0.5) is 0 Å². The molecule has 0 aliphatic carbocycles. The topological polar surface area (TPSA) is 192 Å². The lowest BCUT2D eigenvalue weighted by Crippen LogP contribution is -2.36. The number of methoxy groups -OCH3 is 1. The Kier molecular flexibility index (Phi) is 28.6. The number of ether oxygens (including phenoxy) is 1. The van der Waals surface area contributed by atoms with Crippen molar-refractivity contribution < 1.29 is 33.8 Å². The standard InChI is InChI=1S/C38H51N5O4.C8H15NO.C7H15NO.C6H9NO/c1-6-43-35-14-13-27(28-19-26(20-29(45)22-28)21-33(40-4)36(46)12-7-8-17-42-39)23-31(35)32(24-38(2,3)15-10-18-44)37(43)30-11-9-16-41-34(30)25-47-5;1-7-4-8(2,6-10)5-9(7)3;1-6(2)7(5-9)8(3)4;1-7(2)5-3-4-6-8/h9,11,13-14,16,18-20,22-23,33,40,42,45H,6-8,10,12,15,17,21,24-25,39H2,1-5H3;6-7H,4-5H2,1-3H3;5-7H,1-4H3;6H,5H2,1-2H3. The Morgan fingerprint density at radius 3 is 2.30 bits per heavy atom. The van der Waals surface area contributed by atoms with Crippen LogP contribution >= 0.6 is 0 Å². The largest absolute Gasteiger partial charge is 0.508 e. The van der Waals surface area contributed by atoms with Gasteiger partial charge in [-0.2, -0.15) is 0 Å². The fourth-order valence-electron chi connectivity index (χ4n) is 9.44. The average molecular weight is 1020 g/mol. The first kappa shape index (κ1) is 64.7. The lowest BCUT2D eigenvalue weighted by molar-refractivity contribution is -0.121. The number of likely N-dealkylation sites (tertiary alicyclic amines) is 1. The number of nitrogens with one attached hydrogen (secondary N) is 2. The zero-order chi connectivity index (χ0) is 55.6. The number of phenolic OH excluding ortho intramolecular Hbond substituents is 1. The molecule has 0 spiro atoms. The van der Waals surface area contributed by atoms with Crippen LogP contribution in [0.3, 0.4) is 0 Å². The van der Waals surface area contributed by atoms with E-state index >= 15 is 0 Å². The van der Waals surface area contributed by atoms with E-state index in [1.165, 1.54) is 5.56 Å². The molecule has 74 heavy (non-hydrogen) atoms. The minimum Gasteiger partial charge on any atom is -0.508 e. The van der Waals surface area contributed by atoms with Crippen molar-refractivity contribution in [3.63, 3.8) is 0 Å². The molecule has 0 amide bonds. The number of fused-ring (bicyclic) bond motifs is 1. The number of benzene rings is 2. The number of aldehydes is 4. The van der Waals surface area contributed by atoms with Crippen LogP contribution in [0.1, 0.15) is 104 Å². The predicted molar refractivity (Wildman–Crippen MR) is 301 cm³/mol. The van der Waals surface area contributed by atoms with Crippen LogP contribution in [0.25, 0.3) is 33.3 Å². The summed E-state index contributed by atoms with van der Waals surface area (Å²) in [4.78, 5) is 65.6. The number of ketones is 1. The number of pyridine rings is 1. The number of aromatic nitrogens is 2. The van der Waals surface area contributed by atoms with Crippen molar-refractivity contribution in [3.05, 3.63) is 71.5 Å². The number of Topliss-reactive ketones (excluding diaryl/α,β-unsaturated/α-hetero) is 1. The molecular formula is C59H90N8O7. The highest BCUT2D eigenvalue weighted by Crippen LogP contribution is 2.42. The van der Waals surface area contributed by atoms with Crippen LogP contribution < -0.4 is 16.6 Å². The molecule has 15 heteroatoms. The highest BCUT2D eigenvalue weighted by Gasteiger charge is 2.36. The van der Waals surface area contributed by atoms with E-state index in [1.54, 1.807) is 32.5 Å². The molecule has 2 aromatic heterocycles. The molecule has 1 saturated heterocycles. The van der Waals surface area contributed by atoms with Crippen molar-refractivity contribution >= 4 is 41.8 Å². The Balaban J connectivity index is 0.000000559. The molecule has 5 rings (SSSR count). The fourth-order valence-corrected chi connectivity index (χ4v) is 9.44. The SMILES string of the molecule is CC(C)C(C=O)N(C)C.CC1CC(C)(C=O)CN1C.CCn1c(-c2cccnc2COC)c(CC(C)(C)CCC=O)c2cc(-c3cc(O)cc(CC(NC)C(=O)CCCCNN)c3)ccc21.CN(C)CC#CC=O. The molecular weight excluding hydrogens is 933 g/mol. The van der Waals surface area contributed by atoms with E-state index in [1.807, 2.05) is 64.8 Å². The number of carbonyl (C=O) groups is 5. The number of carbonyl (C=O) groups excluding carboxylic acids is 5. The number of hydrazine groups is 1. The van der Waals surface area contributed by atoms with Gasteiger partial charge < -0.3 is 39.0 Å². The molecule has 1 fully saturated rings. The Hall–Kier alpha value is -5.44. The second-order valence-corrected chi connectivity index (χ2v) is 21.3. The fraction of sp³-hybridized carbons (Fsp3) is 0.559. The summed E-state index contributed by atoms with van der Waals surface area (Å²) in [6, 6.07) is 16.4. The van der Waals surface area contributed by atoms with E-state index in [9.17, 15) is 29.1 Å². The second kappa shape index (κ2) is 32.8. The third-order valence-corrected chi connectivity index (χ3v) is 13.4. The predicted octanol–water partition coefficient (Wildman–Crippen LogP) is 7.56. The van der Waals surface area contributed by atoms with Gasteiger partial charge in [-0.1, -0.05) is 52.7 Å². The summed E-state index contributed by atoms with van der Waals surface area (Å²) in [5.74, 6) is 11.0. The molecule has 4 unspecified atom stereocenters. The number of unbranched alkanes of at least 4 members (excludes halogenated alkanes) is 1. The van der Waals surface area contributed by atoms with E-state index in [-0.39, 0.29) is 34.4 Å². The Morgan fingerprint density at radius 1 is 1.07 bits per heavy atom. The molecule has 1 aliphatic heterocycles. The number of aryl methyl sites for hydroxylation is 1. The van der Waals surface area contributed by atoms with Crippen molar-refractivity contribution in [2.45, 2.75) is 131 Å². The van der Waals surface area contributed by atoms with Crippen LogP contribution in [0.2, 0.25) is 0 Å². The van der Waals surface area contributed by atoms with Gasteiger partial charge in [0.05, 0.1) is 36.6 Å². The number of hydrogen-bond acceptors (Lipinski definition) is 14. The maximum Gasteiger partial charge on any atom is 0.192 e. The van der Waals surface area contributed by atoms with Gasteiger partial charge >= 0.3 is 0 Å². The lowest BCUT2D eigenvalue weighted by atomic mass is 9.80. The Bertz CT molecular complexity index is 2420. The number of nitrogens with zero attached hydrogens (tertiary/aromatic N) is 5. The maximum atomic E-state index is 13.0. The monoisotopic (exact) mass is 1020 g/mol. The third-order valence-electron chi connectivity index (χ3n) is 13.4. The highest BCUT2D eigenvalue weighted by atomic mass is 16.5. The normalized spacial score (nSPS) is 16.2. The molecule has 4 atom stereocenters. The summed E-state index contributed by atoms with van der Waals surface area (Å²) >= 11 is 0. The molecule has 0 saturated carbocycles. The third kappa shape index (κ3) is 20.7. The van der Waals surface area contributed by atoms with Crippen molar-refractivity contribution in [2.75, 3.05) is 69.0 Å². The molecule has 0 radical (unpaired) electrons. The lowest BCUT2D eigenvalue weighted by Gasteiger charge is -2.25. The molecule has 4 aromatic rings. The summed E-state index contributed by atoms with van der Waals surface area (Å²) < 4.78 is 7.89. The van der Waals surface area contributed by atoms with Crippen molar-refractivity contribution in [1.82, 2.24) is 35.0 Å². The maximum absolute atomic E-state index is 13.0. The number of rotatable bonds is 24. The number of hydrogen-bond donors (Lipinski definition) is 4. The summed E-state index contributed by atoms with van der Waals surface area (Å²) in [6.07, 6.45) is 11.1. The van der Waals surface area contributed by atoms with E-state index in [0.29, 0.717) is 57.2 Å². The number of phenols is 1. The quantitative estimate of drug-likeness (QED) is 0.0177. The molecule has 2 aromatic carbocycles. The molecule has 5 N–H and O–H groups in total. The smallest absolute Gasteiger partial charge is 0.192 e. The van der Waals surface area contributed by atoms with Crippen LogP contribution in [-0.2, 0) is 54.7 Å². The van der Waals surface area contributed by atoms with Gasteiger partial charge in [0.15, 0.2) is 6.29 Å². The zero-order valence-electron chi connectivity index (χ0n) is 47.2. The van der Waals surface area contributed by atoms with Crippen molar-refractivity contribution in [2.24, 2.45) is 22.6 Å². The molecule has 0 bridgehead atoms. The van der Waals surface area contributed by atoms with Gasteiger partial charge in [0.25, 0.3) is 0 Å². The van der Waals surface area contributed by atoms with E-state index in [4.69, 9.17) is 10.6 Å². The van der Waals surface area contributed by atoms with Crippen LogP contribution in [0.5, 0.6) is 5.75 Å². The van der Waals surface area contributed by atoms with E-state index in [2.05, 4.69) is 102 Å². The van der Waals surface area contributed by atoms with Crippen molar-refractivity contribution in [3.8, 4) is 40.0 Å². The van der Waals surface area contributed by atoms with Gasteiger partial charge in [-0.15, -0.1) is 0 Å². The molecule has 1 aliphatic rings. The summed E-state index contributed by atoms with van der Waals surface area (Å²) in [5.41, 5.74) is 10.5. The first-order valence-electron chi connectivity index (χ1n) is 25.9. The van der Waals surface area contributed by atoms with Crippen LogP contribution in [0.15, 0.2) is 54.7 Å². The summed E-state index contributed by atoms with van der Waals surface area (Å²) in [5, 5.41) is 15.1. The number of likely N-dealkylation sites (N-methyl/N-ethyl adjacent to an activating group) is 2. The first-order chi connectivity index (χ1) is 35.1. The Labute approximate surface area is 443 Å². The van der Waals surface area contributed by atoms with Gasteiger partial charge in [-0.05, 0) is 171 Å². The van der Waals surface area contributed by atoms with E-state index in [0.717, 1.165) is 109 Å². The highest BCUT2D eigenvalue weighted by molar-refractivity contribution is 5.95. The Morgan fingerprint density at radius 2 is 1.78 bits per heavy atom. The van der Waals surface area contributed by atoms with Gasteiger partial charge in [0.1, 0.15) is 30.4 Å².